The van der Waals surface area contributed by atoms with Gasteiger partial charge in [0.25, 0.3) is 5.91 Å². The summed E-state index contributed by atoms with van der Waals surface area (Å²) in [5, 5.41) is 3.72. The zero-order valence-corrected chi connectivity index (χ0v) is 17.8. The van der Waals surface area contributed by atoms with Crippen LogP contribution in [-0.2, 0) is 16.2 Å². The van der Waals surface area contributed by atoms with E-state index in [9.17, 15) is 9.59 Å². The van der Waals surface area contributed by atoms with E-state index in [0.717, 1.165) is 22.9 Å². The van der Waals surface area contributed by atoms with Crippen molar-refractivity contribution in [1.82, 2.24) is 5.32 Å². The van der Waals surface area contributed by atoms with Crippen LogP contribution in [0.5, 0.6) is 11.5 Å². The average Bonchev–Trinajstić information content (AvgIpc) is 3.01. The molecule has 0 aliphatic carbocycles. The van der Waals surface area contributed by atoms with Crippen molar-refractivity contribution in [2.45, 2.75) is 13.5 Å². The third kappa shape index (κ3) is 5.53. The van der Waals surface area contributed by atoms with Gasteiger partial charge in [-0.1, -0.05) is 35.3 Å². The summed E-state index contributed by atoms with van der Waals surface area (Å²) in [6.45, 7) is 1.65. The number of hydrogen-bond donors (Lipinski definition) is 1. The number of amidine groups is 1. The highest BCUT2D eigenvalue weighted by Gasteiger charge is 2.22. The number of halogens is 2. The first-order valence-electron chi connectivity index (χ1n) is 8.40. The maximum Gasteiger partial charge on any atom is 0.286 e. The maximum atomic E-state index is 12.0. The number of carbonyl (C=O) groups excluding carboxylic acids is 2. The van der Waals surface area contributed by atoms with Crippen LogP contribution in [0.15, 0.2) is 46.3 Å². The molecule has 0 aromatic heterocycles. The second-order valence-electron chi connectivity index (χ2n) is 5.96. The molecule has 1 aliphatic rings. The molecule has 0 saturated heterocycles. The standard InChI is InChI=1S/C20H16Cl2N2O4S/c1-11(25)23-20-24-19(26)18(29-20)9-12-4-6-16(17(8-12)27-2)28-10-13-3-5-14(21)15(22)7-13/h3-9H,10H2,1-2H3,(H,23,24,25,26)/b18-9+. The summed E-state index contributed by atoms with van der Waals surface area (Å²) in [5.41, 5.74) is 1.60. The molecule has 1 heterocycles. The summed E-state index contributed by atoms with van der Waals surface area (Å²) in [6.07, 6.45) is 1.68. The van der Waals surface area contributed by atoms with E-state index in [2.05, 4.69) is 10.3 Å². The molecular weight excluding hydrogens is 435 g/mol. The van der Waals surface area contributed by atoms with E-state index in [1.807, 2.05) is 6.07 Å². The van der Waals surface area contributed by atoms with Crippen LogP contribution in [0.3, 0.4) is 0 Å². The van der Waals surface area contributed by atoms with Gasteiger partial charge in [-0.15, -0.1) is 0 Å². The first kappa shape index (κ1) is 21.2. The van der Waals surface area contributed by atoms with Crippen LogP contribution in [0.1, 0.15) is 18.1 Å². The minimum atomic E-state index is -0.405. The second-order valence-corrected chi connectivity index (χ2v) is 7.81. The summed E-state index contributed by atoms with van der Waals surface area (Å²) in [5.74, 6) is 0.368. The fourth-order valence-electron chi connectivity index (χ4n) is 2.45. The zero-order valence-electron chi connectivity index (χ0n) is 15.5. The Kier molecular flexibility index (Phi) is 6.84. The number of aliphatic imine (C=N–C) groups is 1. The maximum absolute atomic E-state index is 12.0. The van der Waals surface area contributed by atoms with Gasteiger partial charge in [-0.25, -0.2) is 0 Å². The highest BCUT2D eigenvalue weighted by Crippen LogP contribution is 2.33. The van der Waals surface area contributed by atoms with Crippen molar-refractivity contribution in [1.29, 1.82) is 0 Å². The quantitative estimate of drug-likeness (QED) is 0.668. The molecule has 29 heavy (non-hydrogen) atoms. The average molecular weight is 451 g/mol. The highest BCUT2D eigenvalue weighted by molar-refractivity contribution is 8.18. The van der Waals surface area contributed by atoms with Crippen molar-refractivity contribution in [2.75, 3.05) is 7.11 Å². The van der Waals surface area contributed by atoms with Gasteiger partial charge in [-0.05, 0) is 53.2 Å². The molecule has 9 heteroatoms. The van der Waals surface area contributed by atoms with E-state index >= 15 is 0 Å². The second kappa shape index (κ2) is 9.35. The number of benzene rings is 2. The molecule has 2 aromatic carbocycles. The topological polar surface area (TPSA) is 77.0 Å². The third-order valence-corrected chi connectivity index (χ3v) is 5.41. The van der Waals surface area contributed by atoms with Crippen molar-refractivity contribution in [3.05, 3.63) is 62.5 Å². The van der Waals surface area contributed by atoms with Crippen LogP contribution in [0.2, 0.25) is 10.0 Å². The van der Waals surface area contributed by atoms with E-state index < -0.39 is 5.91 Å². The summed E-state index contributed by atoms with van der Waals surface area (Å²) in [6, 6.07) is 10.6. The van der Waals surface area contributed by atoms with Gasteiger partial charge in [0, 0.05) is 6.92 Å². The normalized spacial score (nSPS) is 14.7. The molecule has 150 valence electrons. The smallest absolute Gasteiger partial charge is 0.286 e. The highest BCUT2D eigenvalue weighted by atomic mass is 35.5. The van der Waals surface area contributed by atoms with Crippen molar-refractivity contribution in [2.24, 2.45) is 4.99 Å². The van der Waals surface area contributed by atoms with Gasteiger partial charge < -0.3 is 14.8 Å². The fourth-order valence-corrected chi connectivity index (χ4v) is 3.63. The molecule has 0 atom stereocenters. The number of nitrogens with one attached hydrogen (secondary N) is 1. The molecule has 0 spiro atoms. The number of hydrogen-bond acceptors (Lipinski definition) is 5. The summed E-state index contributed by atoms with van der Waals surface area (Å²) < 4.78 is 11.2. The molecular formula is C20H16Cl2N2O4S. The number of thioether (sulfide) groups is 1. The van der Waals surface area contributed by atoms with Crippen LogP contribution < -0.4 is 14.8 Å². The molecule has 0 bridgehead atoms. The molecule has 6 nitrogen and oxygen atoms in total. The fraction of sp³-hybridized carbons (Fsp3) is 0.150. The first-order chi connectivity index (χ1) is 13.9. The van der Waals surface area contributed by atoms with Crippen molar-refractivity contribution in [3.8, 4) is 11.5 Å². The summed E-state index contributed by atoms with van der Waals surface area (Å²) in [4.78, 5) is 27.3. The lowest BCUT2D eigenvalue weighted by Gasteiger charge is -2.12. The van der Waals surface area contributed by atoms with Crippen LogP contribution in [-0.4, -0.2) is 24.1 Å². The van der Waals surface area contributed by atoms with Gasteiger partial charge in [-0.2, -0.15) is 4.99 Å². The van der Waals surface area contributed by atoms with Crippen molar-refractivity contribution in [3.63, 3.8) is 0 Å². The molecule has 2 amide bonds. The van der Waals surface area contributed by atoms with Gasteiger partial charge >= 0.3 is 0 Å². The minimum absolute atomic E-state index is 0.266. The van der Waals surface area contributed by atoms with Crippen LogP contribution >= 0.6 is 35.0 Å². The molecule has 2 aromatic rings. The Morgan fingerprint density at radius 2 is 1.97 bits per heavy atom. The number of nitrogens with zero attached hydrogens (tertiary/aromatic N) is 1. The van der Waals surface area contributed by atoms with Crippen LogP contribution in [0.25, 0.3) is 6.08 Å². The van der Waals surface area contributed by atoms with E-state index in [4.69, 9.17) is 32.7 Å². The molecule has 1 N–H and O–H groups in total. The molecule has 1 aliphatic heterocycles. The number of amides is 2. The van der Waals surface area contributed by atoms with Gasteiger partial charge in [0.1, 0.15) is 6.61 Å². The van der Waals surface area contributed by atoms with Gasteiger partial charge in [0.05, 0.1) is 22.1 Å². The Labute approximate surface area is 181 Å². The van der Waals surface area contributed by atoms with Crippen LogP contribution in [0.4, 0.5) is 0 Å². The van der Waals surface area contributed by atoms with E-state index in [0.29, 0.717) is 26.4 Å². The first-order valence-corrected chi connectivity index (χ1v) is 9.98. The van der Waals surface area contributed by atoms with E-state index in [-0.39, 0.29) is 17.7 Å². The van der Waals surface area contributed by atoms with Crippen molar-refractivity contribution >= 4 is 58.0 Å². The number of methoxy groups -OCH3 is 1. The Morgan fingerprint density at radius 3 is 2.66 bits per heavy atom. The largest absolute Gasteiger partial charge is 0.493 e. The molecule has 0 fully saturated rings. The lowest BCUT2D eigenvalue weighted by molar-refractivity contribution is -0.117. The van der Waals surface area contributed by atoms with E-state index in [1.165, 1.54) is 14.0 Å². The number of rotatable bonds is 5. The minimum Gasteiger partial charge on any atom is -0.493 e. The van der Waals surface area contributed by atoms with Gasteiger partial charge in [0.15, 0.2) is 16.7 Å². The number of ether oxygens (including phenoxy) is 2. The molecule has 0 radical (unpaired) electrons. The monoisotopic (exact) mass is 450 g/mol. The number of carbonyl (C=O) groups is 2. The van der Waals surface area contributed by atoms with Gasteiger partial charge in [0.2, 0.25) is 5.91 Å². The Bertz CT molecular complexity index is 1040. The Morgan fingerprint density at radius 1 is 1.17 bits per heavy atom. The summed E-state index contributed by atoms with van der Waals surface area (Å²) in [7, 11) is 1.53. The SMILES string of the molecule is COc1cc(/C=C2/SC(NC(C)=O)=NC2=O)ccc1OCc1ccc(Cl)c(Cl)c1. The lowest BCUT2D eigenvalue weighted by Crippen LogP contribution is -2.23. The zero-order chi connectivity index (χ0) is 21.0. The summed E-state index contributed by atoms with van der Waals surface area (Å²) >= 11 is 13.1. The molecule has 0 saturated carbocycles. The predicted molar refractivity (Wildman–Crippen MR) is 116 cm³/mol. The van der Waals surface area contributed by atoms with Crippen LogP contribution in [0, 0.1) is 0 Å². The van der Waals surface area contributed by atoms with E-state index in [1.54, 1.807) is 36.4 Å². The molecule has 3 rings (SSSR count). The Hall–Kier alpha value is -2.48. The third-order valence-electron chi connectivity index (χ3n) is 3.77. The molecule has 0 unspecified atom stereocenters. The predicted octanol–water partition coefficient (Wildman–Crippen LogP) is 4.69. The van der Waals surface area contributed by atoms with Gasteiger partial charge in [-0.3, -0.25) is 9.59 Å². The Balaban J connectivity index is 1.72. The van der Waals surface area contributed by atoms with Crippen molar-refractivity contribution < 1.29 is 19.1 Å². The lowest BCUT2D eigenvalue weighted by atomic mass is 10.2.